The number of nitrogen functional groups attached to an aromatic ring is 1. The first kappa shape index (κ1) is 13.8. The zero-order chi connectivity index (χ0) is 13.8. The van der Waals surface area contributed by atoms with E-state index < -0.39 is 0 Å². The normalized spacial score (nSPS) is 12.6. The number of anilines is 1. The Kier molecular flexibility index (Phi) is 4.34. The van der Waals surface area contributed by atoms with Crippen LogP contribution in [0.5, 0.6) is 0 Å². The lowest BCUT2D eigenvalue weighted by Crippen LogP contribution is -2.12. The van der Waals surface area contributed by atoms with Gasteiger partial charge in [-0.05, 0) is 35.9 Å². The topological polar surface area (TPSA) is 78.8 Å². The smallest absolute Gasteiger partial charge is 0.184 e. The minimum Gasteiger partial charge on any atom is -0.397 e. The highest BCUT2D eigenvalue weighted by molar-refractivity contribution is 6.33. The maximum atomic E-state index is 6.02. The molecule has 2 rings (SSSR count). The summed E-state index contributed by atoms with van der Waals surface area (Å²) in [5.41, 5.74) is 7.20. The lowest BCUT2D eigenvalue weighted by atomic mass is 10.1. The van der Waals surface area contributed by atoms with Crippen LogP contribution in [0, 0.1) is 0 Å². The Balaban J connectivity index is 2.36. The lowest BCUT2D eigenvalue weighted by Gasteiger charge is -2.14. The highest BCUT2D eigenvalue weighted by atomic mass is 35.5. The van der Waals surface area contributed by atoms with E-state index in [0.717, 1.165) is 12.0 Å². The minimum atomic E-state index is 0.114. The summed E-state index contributed by atoms with van der Waals surface area (Å²) in [6, 6.07) is 5.53. The number of nitrogens with two attached hydrogens (primary N) is 1. The van der Waals surface area contributed by atoms with Crippen LogP contribution in [0.2, 0.25) is 5.02 Å². The molecule has 1 aromatic carbocycles. The van der Waals surface area contributed by atoms with Crippen LogP contribution in [0.4, 0.5) is 5.69 Å². The molecule has 0 bridgehead atoms. The molecule has 2 N–H and O–H groups in total. The Labute approximate surface area is 116 Å². The van der Waals surface area contributed by atoms with Crippen LogP contribution in [0.1, 0.15) is 19.4 Å². The van der Waals surface area contributed by atoms with Crippen LogP contribution in [-0.2, 0) is 4.74 Å². The molecule has 0 radical (unpaired) electrons. The van der Waals surface area contributed by atoms with Gasteiger partial charge in [0.1, 0.15) is 0 Å². The third-order valence-electron chi connectivity index (χ3n) is 2.94. The molecule has 0 aliphatic rings. The summed E-state index contributed by atoms with van der Waals surface area (Å²) in [7, 11) is 1.67. The number of halogens is 1. The molecule has 1 unspecified atom stereocenters. The van der Waals surface area contributed by atoms with Gasteiger partial charge in [0.25, 0.3) is 0 Å². The van der Waals surface area contributed by atoms with Crippen molar-refractivity contribution >= 4 is 17.3 Å². The molecule has 102 valence electrons. The van der Waals surface area contributed by atoms with Crippen LogP contribution in [0.25, 0.3) is 11.4 Å². The SMILES string of the molecule is COCCC(C)n1nnnc1-c1cccc(Cl)c1N. The first-order valence-electron chi connectivity index (χ1n) is 5.96. The largest absolute Gasteiger partial charge is 0.397 e. The van der Waals surface area contributed by atoms with Crippen molar-refractivity contribution in [3.05, 3.63) is 23.2 Å². The predicted molar refractivity (Wildman–Crippen MR) is 73.9 cm³/mol. The van der Waals surface area contributed by atoms with E-state index in [2.05, 4.69) is 15.5 Å². The van der Waals surface area contributed by atoms with Crippen molar-refractivity contribution in [2.45, 2.75) is 19.4 Å². The molecule has 19 heavy (non-hydrogen) atoms. The van der Waals surface area contributed by atoms with Crippen LogP contribution in [0.3, 0.4) is 0 Å². The molecule has 0 amide bonds. The Morgan fingerprint density at radius 2 is 2.26 bits per heavy atom. The van der Waals surface area contributed by atoms with Gasteiger partial charge in [-0.3, -0.25) is 0 Å². The second-order valence-corrected chi connectivity index (χ2v) is 4.69. The summed E-state index contributed by atoms with van der Waals surface area (Å²) < 4.78 is 6.81. The van der Waals surface area contributed by atoms with Gasteiger partial charge in [-0.1, -0.05) is 17.7 Å². The molecular formula is C12H16ClN5O. The van der Waals surface area contributed by atoms with Crippen LogP contribution in [0.15, 0.2) is 18.2 Å². The molecule has 7 heteroatoms. The second kappa shape index (κ2) is 5.99. The van der Waals surface area contributed by atoms with Gasteiger partial charge in [-0.15, -0.1) is 5.10 Å². The van der Waals surface area contributed by atoms with Gasteiger partial charge in [0.2, 0.25) is 0 Å². The Bertz CT molecular complexity index is 557. The monoisotopic (exact) mass is 281 g/mol. The van der Waals surface area contributed by atoms with Crippen molar-refractivity contribution in [3.8, 4) is 11.4 Å². The van der Waals surface area contributed by atoms with E-state index in [1.165, 1.54) is 0 Å². The van der Waals surface area contributed by atoms with E-state index in [1.54, 1.807) is 17.9 Å². The summed E-state index contributed by atoms with van der Waals surface area (Å²) in [5, 5.41) is 12.3. The molecule has 0 fully saturated rings. The highest BCUT2D eigenvalue weighted by Gasteiger charge is 2.17. The van der Waals surface area contributed by atoms with E-state index in [0.29, 0.717) is 23.1 Å². The van der Waals surface area contributed by atoms with Gasteiger partial charge >= 0.3 is 0 Å². The molecule has 6 nitrogen and oxygen atoms in total. The van der Waals surface area contributed by atoms with Crippen molar-refractivity contribution in [1.82, 2.24) is 20.2 Å². The van der Waals surface area contributed by atoms with E-state index in [1.807, 2.05) is 19.1 Å². The number of methoxy groups -OCH3 is 1. The van der Waals surface area contributed by atoms with E-state index in [-0.39, 0.29) is 6.04 Å². The summed E-state index contributed by atoms with van der Waals surface area (Å²) >= 11 is 6.02. The second-order valence-electron chi connectivity index (χ2n) is 4.28. The average Bonchev–Trinajstić information content (AvgIpc) is 2.88. The quantitative estimate of drug-likeness (QED) is 0.850. The Morgan fingerprint density at radius 1 is 1.47 bits per heavy atom. The van der Waals surface area contributed by atoms with Gasteiger partial charge in [0.15, 0.2) is 5.82 Å². The fourth-order valence-corrected chi connectivity index (χ4v) is 1.99. The van der Waals surface area contributed by atoms with Gasteiger partial charge in [0.05, 0.1) is 16.8 Å². The van der Waals surface area contributed by atoms with Crippen molar-refractivity contribution in [2.75, 3.05) is 19.5 Å². The fraction of sp³-hybridized carbons (Fsp3) is 0.417. The van der Waals surface area contributed by atoms with Crippen molar-refractivity contribution in [3.63, 3.8) is 0 Å². The molecule has 1 atom stereocenters. The number of rotatable bonds is 5. The fourth-order valence-electron chi connectivity index (χ4n) is 1.81. The molecule has 2 aromatic rings. The van der Waals surface area contributed by atoms with E-state index in [9.17, 15) is 0 Å². The van der Waals surface area contributed by atoms with Crippen LogP contribution < -0.4 is 5.73 Å². The zero-order valence-electron chi connectivity index (χ0n) is 10.9. The summed E-state index contributed by atoms with van der Waals surface area (Å²) in [6.45, 7) is 2.67. The highest BCUT2D eigenvalue weighted by Crippen LogP contribution is 2.31. The predicted octanol–water partition coefficient (Wildman–Crippen LogP) is 2.17. The van der Waals surface area contributed by atoms with Crippen molar-refractivity contribution < 1.29 is 4.74 Å². The van der Waals surface area contributed by atoms with E-state index >= 15 is 0 Å². The number of nitrogens with zero attached hydrogens (tertiary/aromatic N) is 4. The minimum absolute atomic E-state index is 0.114. The Morgan fingerprint density at radius 3 is 3.00 bits per heavy atom. The molecule has 0 spiro atoms. The zero-order valence-corrected chi connectivity index (χ0v) is 11.6. The molecule has 1 aromatic heterocycles. The molecule has 0 saturated heterocycles. The van der Waals surface area contributed by atoms with Gasteiger partial charge in [-0.25, -0.2) is 4.68 Å². The van der Waals surface area contributed by atoms with Crippen LogP contribution >= 0.6 is 11.6 Å². The summed E-state index contributed by atoms with van der Waals surface area (Å²) in [5.74, 6) is 0.614. The maximum absolute atomic E-state index is 6.02. The summed E-state index contributed by atoms with van der Waals surface area (Å²) in [6.07, 6.45) is 0.814. The number of para-hydroxylation sites is 1. The van der Waals surface area contributed by atoms with Gasteiger partial charge < -0.3 is 10.5 Å². The first-order valence-corrected chi connectivity index (χ1v) is 6.34. The number of hydrogen-bond acceptors (Lipinski definition) is 5. The molecule has 1 heterocycles. The Hall–Kier alpha value is -1.66. The first-order chi connectivity index (χ1) is 9.15. The number of benzene rings is 1. The van der Waals surface area contributed by atoms with Crippen molar-refractivity contribution in [1.29, 1.82) is 0 Å². The average molecular weight is 282 g/mol. The number of hydrogen-bond donors (Lipinski definition) is 1. The van der Waals surface area contributed by atoms with Gasteiger partial charge in [0, 0.05) is 19.3 Å². The molecule has 0 saturated carbocycles. The molecule has 0 aliphatic heterocycles. The van der Waals surface area contributed by atoms with Crippen LogP contribution in [-0.4, -0.2) is 33.9 Å². The molecule has 0 aliphatic carbocycles. The third kappa shape index (κ3) is 2.85. The van der Waals surface area contributed by atoms with Crippen molar-refractivity contribution in [2.24, 2.45) is 0 Å². The number of aromatic nitrogens is 4. The number of tetrazole rings is 1. The molecular weight excluding hydrogens is 266 g/mol. The van der Waals surface area contributed by atoms with Gasteiger partial charge in [-0.2, -0.15) is 0 Å². The number of ether oxygens (including phenoxy) is 1. The lowest BCUT2D eigenvalue weighted by molar-refractivity contribution is 0.178. The maximum Gasteiger partial charge on any atom is 0.184 e. The van der Waals surface area contributed by atoms with E-state index in [4.69, 9.17) is 22.1 Å². The summed E-state index contributed by atoms with van der Waals surface area (Å²) in [4.78, 5) is 0. The standard InChI is InChI=1S/C12H16ClN5O/c1-8(6-7-19-2)18-12(15-16-17-18)9-4-3-5-10(13)11(9)14/h3-5,8H,6-7,14H2,1-2H3. The third-order valence-corrected chi connectivity index (χ3v) is 3.27.